The van der Waals surface area contributed by atoms with Crippen LogP contribution in [0.5, 0.6) is 0 Å². The highest BCUT2D eigenvalue weighted by atomic mass is 14.9. The third kappa shape index (κ3) is 11.2. The molecule has 2 aliphatic rings. The number of hydrogen-bond acceptors (Lipinski definition) is 3. The zero-order valence-electron chi connectivity index (χ0n) is 26.0. The van der Waals surface area contributed by atoms with Gasteiger partial charge in [0, 0.05) is 30.2 Å². The van der Waals surface area contributed by atoms with Gasteiger partial charge in [0.15, 0.2) is 0 Å². The van der Waals surface area contributed by atoms with E-state index in [4.69, 9.17) is 0 Å². The minimum Gasteiger partial charge on any atom is -0.314 e. The molecule has 3 heteroatoms. The molecule has 0 heterocycles. The summed E-state index contributed by atoms with van der Waals surface area (Å²) in [6, 6.07) is 31.2. The minimum atomic E-state index is 0.575. The van der Waals surface area contributed by atoms with Crippen LogP contribution in [-0.4, -0.2) is 24.7 Å². The van der Waals surface area contributed by atoms with Crippen LogP contribution < -0.4 is 16.0 Å². The maximum atomic E-state index is 3.64. The molecule has 0 saturated heterocycles. The molecule has 0 spiro atoms. The van der Waals surface area contributed by atoms with Gasteiger partial charge in [-0.3, -0.25) is 0 Å². The SMILES string of the molecule is CC(C)NCCc1ccccc1.CC(C)N[C@@H]1CCCc2ccccc21.CC(C)N[C@H]1CCCc2ccccc21. The Kier molecular flexibility index (Phi) is 13.9. The zero-order valence-corrected chi connectivity index (χ0v) is 26.0. The van der Waals surface area contributed by atoms with Crippen LogP contribution in [0.4, 0.5) is 0 Å². The molecule has 40 heavy (non-hydrogen) atoms. The number of nitrogens with one attached hydrogen (secondary N) is 3. The fraction of sp³-hybridized carbons (Fsp3) is 0.514. The van der Waals surface area contributed by atoms with Crippen molar-refractivity contribution in [3.63, 3.8) is 0 Å². The van der Waals surface area contributed by atoms with Gasteiger partial charge in [0.25, 0.3) is 0 Å². The third-order valence-electron chi connectivity index (χ3n) is 7.62. The Hall–Kier alpha value is -2.46. The van der Waals surface area contributed by atoms with Gasteiger partial charge in [-0.05, 0) is 79.3 Å². The summed E-state index contributed by atoms with van der Waals surface area (Å²) in [7, 11) is 0. The van der Waals surface area contributed by atoms with Crippen molar-refractivity contribution >= 4 is 0 Å². The van der Waals surface area contributed by atoms with Gasteiger partial charge in [-0.1, -0.05) is 120 Å². The van der Waals surface area contributed by atoms with Gasteiger partial charge < -0.3 is 16.0 Å². The Morgan fingerprint density at radius 2 is 1.02 bits per heavy atom. The van der Waals surface area contributed by atoms with E-state index < -0.39 is 0 Å². The smallest absolute Gasteiger partial charge is 0.0325 e. The summed E-state index contributed by atoms with van der Waals surface area (Å²) in [6.45, 7) is 14.3. The highest BCUT2D eigenvalue weighted by Crippen LogP contribution is 2.30. The lowest BCUT2D eigenvalue weighted by Gasteiger charge is -2.28. The van der Waals surface area contributed by atoms with Gasteiger partial charge in [-0.15, -0.1) is 0 Å². The van der Waals surface area contributed by atoms with Crippen LogP contribution in [0.25, 0.3) is 0 Å². The fourth-order valence-corrected chi connectivity index (χ4v) is 5.81. The van der Waals surface area contributed by atoms with Crippen LogP contribution in [0.15, 0.2) is 78.9 Å². The van der Waals surface area contributed by atoms with Crippen LogP contribution in [0.1, 0.15) is 107 Å². The highest BCUT2D eigenvalue weighted by molar-refractivity contribution is 5.33. The quantitative estimate of drug-likeness (QED) is 0.268. The molecule has 3 aromatic carbocycles. The predicted molar refractivity (Wildman–Crippen MR) is 174 cm³/mol. The lowest BCUT2D eigenvalue weighted by molar-refractivity contribution is 0.423. The van der Waals surface area contributed by atoms with Crippen LogP contribution >= 0.6 is 0 Å². The van der Waals surface area contributed by atoms with Crippen molar-refractivity contribution in [1.82, 2.24) is 16.0 Å². The largest absolute Gasteiger partial charge is 0.314 e. The van der Waals surface area contributed by atoms with Crippen LogP contribution in [0, 0.1) is 0 Å². The summed E-state index contributed by atoms with van der Waals surface area (Å²) < 4.78 is 0. The average Bonchev–Trinajstić information content (AvgIpc) is 2.94. The molecule has 0 radical (unpaired) electrons. The van der Waals surface area contributed by atoms with E-state index in [1.807, 2.05) is 0 Å². The summed E-state index contributed by atoms with van der Waals surface area (Å²) in [5.74, 6) is 0. The number of aryl methyl sites for hydroxylation is 2. The second-order valence-electron chi connectivity index (χ2n) is 12.3. The van der Waals surface area contributed by atoms with Gasteiger partial charge >= 0.3 is 0 Å². The van der Waals surface area contributed by atoms with Crippen molar-refractivity contribution < 1.29 is 0 Å². The maximum Gasteiger partial charge on any atom is 0.0325 e. The Morgan fingerprint density at radius 1 is 0.575 bits per heavy atom. The number of rotatable bonds is 8. The molecule has 2 aliphatic carbocycles. The Labute approximate surface area is 245 Å². The van der Waals surface area contributed by atoms with E-state index in [9.17, 15) is 0 Å². The zero-order chi connectivity index (χ0) is 28.7. The van der Waals surface area contributed by atoms with Crippen molar-refractivity contribution in [3.05, 3.63) is 107 Å². The number of hydrogen-bond donors (Lipinski definition) is 3. The Morgan fingerprint density at radius 3 is 1.48 bits per heavy atom. The van der Waals surface area contributed by atoms with E-state index in [0.717, 1.165) is 13.0 Å². The van der Waals surface area contributed by atoms with Gasteiger partial charge in [0.2, 0.25) is 0 Å². The topological polar surface area (TPSA) is 36.1 Å². The van der Waals surface area contributed by atoms with E-state index in [1.54, 1.807) is 0 Å². The Balaban J connectivity index is 0.000000166. The molecule has 3 aromatic rings. The Bertz CT molecular complexity index is 1030. The van der Waals surface area contributed by atoms with Crippen molar-refractivity contribution in [2.45, 2.75) is 117 Å². The predicted octanol–water partition coefficient (Wildman–Crippen LogP) is 8.35. The lowest BCUT2D eigenvalue weighted by Crippen LogP contribution is -2.30. The van der Waals surface area contributed by atoms with Crippen LogP contribution in [0.3, 0.4) is 0 Å². The van der Waals surface area contributed by atoms with Crippen molar-refractivity contribution in [2.24, 2.45) is 0 Å². The summed E-state index contributed by atoms with van der Waals surface area (Å²) in [4.78, 5) is 0. The first-order chi connectivity index (χ1) is 19.3. The third-order valence-corrected chi connectivity index (χ3v) is 7.62. The highest BCUT2D eigenvalue weighted by Gasteiger charge is 2.20. The van der Waals surface area contributed by atoms with Gasteiger partial charge in [0.05, 0.1) is 0 Å². The standard InChI is InChI=1S/2C13H19N.C11H17N/c2*1-10(2)14-13-9-5-7-11-6-3-4-8-12(11)13;1-10(2)12-9-8-11-6-4-3-5-7-11/h2*3-4,6,8,10,13-14H,5,7,9H2,1-2H3;3-7,10,12H,8-9H2,1-2H3/t2*13-;/m10./s1. The first-order valence-corrected chi connectivity index (χ1v) is 15.8. The van der Waals surface area contributed by atoms with E-state index in [-0.39, 0.29) is 0 Å². The van der Waals surface area contributed by atoms with Gasteiger partial charge in [-0.25, -0.2) is 0 Å². The molecule has 2 atom stereocenters. The summed E-state index contributed by atoms with van der Waals surface area (Å²) in [5, 5.41) is 10.7. The van der Waals surface area contributed by atoms with Crippen molar-refractivity contribution in [3.8, 4) is 0 Å². The number of benzene rings is 3. The molecule has 3 N–H and O–H groups in total. The monoisotopic (exact) mass is 541 g/mol. The molecule has 0 aliphatic heterocycles. The van der Waals surface area contributed by atoms with E-state index in [0.29, 0.717) is 30.2 Å². The molecule has 0 bridgehead atoms. The summed E-state index contributed by atoms with van der Waals surface area (Å²) >= 11 is 0. The van der Waals surface area contributed by atoms with Crippen LogP contribution in [0.2, 0.25) is 0 Å². The van der Waals surface area contributed by atoms with Crippen LogP contribution in [-0.2, 0) is 19.3 Å². The molecule has 0 fully saturated rings. The summed E-state index contributed by atoms with van der Waals surface area (Å²) in [6.07, 6.45) is 8.85. The maximum absolute atomic E-state index is 3.64. The summed E-state index contributed by atoms with van der Waals surface area (Å²) in [5.41, 5.74) is 7.53. The molecular weight excluding hydrogens is 486 g/mol. The molecule has 218 valence electrons. The molecule has 0 saturated carbocycles. The van der Waals surface area contributed by atoms with E-state index >= 15 is 0 Å². The second-order valence-corrected chi connectivity index (χ2v) is 12.3. The number of fused-ring (bicyclic) bond motifs is 2. The van der Waals surface area contributed by atoms with Gasteiger partial charge in [-0.2, -0.15) is 0 Å². The average molecular weight is 542 g/mol. The molecule has 0 amide bonds. The fourth-order valence-electron chi connectivity index (χ4n) is 5.81. The minimum absolute atomic E-state index is 0.575. The molecule has 5 rings (SSSR count). The molecule has 0 aromatic heterocycles. The second kappa shape index (κ2) is 17.4. The first-order valence-electron chi connectivity index (χ1n) is 15.8. The van der Waals surface area contributed by atoms with Crippen molar-refractivity contribution in [2.75, 3.05) is 6.54 Å². The van der Waals surface area contributed by atoms with E-state index in [1.165, 1.54) is 66.3 Å². The molecule has 3 nitrogen and oxygen atoms in total. The van der Waals surface area contributed by atoms with Gasteiger partial charge in [0.1, 0.15) is 0 Å². The lowest BCUT2D eigenvalue weighted by atomic mass is 9.87. The molecular formula is C37H55N3. The first kappa shape index (κ1) is 32.1. The van der Waals surface area contributed by atoms with Crippen molar-refractivity contribution in [1.29, 1.82) is 0 Å². The molecule has 0 unspecified atom stereocenters. The van der Waals surface area contributed by atoms with E-state index in [2.05, 4.69) is 136 Å². The normalized spacial score (nSPS) is 17.8.